The second-order valence-electron chi connectivity index (χ2n) is 3.81. The van der Waals surface area contributed by atoms with Crippen molar-refractivity contribution in [1.29, 1.82) is 0 Å². The molecule has 2 N–H and O–H groups in total. The maximum absolute atomic E-state index is 9.19. The molecule has 2 aromatic heterocycles. The topological polar surface area (TPSA) is 75.3 Å². The summed E-state index contributed by atoms with van der Waals surface area (Å²) in [7, 11) is 0. The molecule has 0 aliphatic heterocycles. The van der Waals surface area contributed by atoms with Crippen LogP contribution in [0.25, 0.3) is 5.65 Å². The lowest BCUT2D eigenvalue weighted by molar-refractivity contribution is 0.475. The van der Waals surface area contributed by atoms with Gasteiger partial charge in [-0.15, -0.1) is 10.2 Å². The lowest BCUT2D eigenvalue weighted by atomic mass is 10.3. The van der Waals surface area contributed by atoms with Gasteiger partial charge in [-0.1, -0.05) is 0 Å². The first-order chi connectivity index (χ1) is 8.83. The van der Waals surface area contributed by atoms with Gasteiger partial charge >= 0.3 is 0 Å². The van der Waals surface area contributed by atoms with Crippen molar-refractivity contribution in [3.8, 4) is 5.75 Å². The van der Waals surface area contributed by atoms with Crippen LogP contribution in [0.2, 0.25) is 0 Å². The molecule has 6 nitrogen and oxygen atoms in total. The Bertz CT molecular complexity index is 662. The largest absolute Gasteiger partial charge is 0.508 e. The van der Waals surface area contributed by atoms with E-state index in [0.717, 1.165) is 17.2 Å². The molecule has 3 rings (SSSR count). The van der Waals surface area contributed by atoms with E-state index in [1.165, 1.54) is 0 Å². The van der Waals surface area contributed by atoms with E-state index in [0.29, 0.717) is 6.54 Å². The fourth-order valence-corrected chi connectivity index (χ4v) is 1.66. The molecule has 0 fully saturated rings. The number of fused-ring (bicyclic) bond motifs is 1. The Hall–Kier alpha value is -2.63. The molecule has 18 heavy (non-hydrogen) atoms. The maximum atomic E-state index is 9.19. The van der Waals surface area contributed by atoms with E-state index >= 15 is 0 Å². The van der Waals surface area contributed by atoms with Crippen molar-refractivity contribution in [2.24, 2.45) is 0 Å². The SMILES string of the molecule is Oc1ccc(NCc2nnc3cccnn23)cc1. The van der Waals surface area contributed by atoms with Gasteiger partial charge in [0.1, 0.15) is 5.75 Å². The molecule has 0 aliphatic rings. The van der Waals surface area contributed by atoms with E-state index in [2.05, 4.69) is 20.6 Å². The molecular weight excluding hydrogens is 230 g/mol. The van der Waals surface area contributed by atoms with Crippen LogP contribution in [-0.2, 0) is 6.54 Å². The summed E-state index contributed by atoms with van der Waals surface area (Å²) in [4.78, 5) is 0. The molecule has 90 valence electrons. The average molecular weight is 241 g/mol. The summed E-state index contributed by atoms with van der Waals surface area (Å²) in [6, 6.07) is 10.5. The number of hydrogen-bond acceptors (Lipinski definition) is 5. The number of phenols is 1. The normalized spacial score (nSPS) is 10.7. The predicted octanol–water partition coefficient (Wildman–Crippen LogP) is 1.44. The summed E-state index contributed by atoms with van der Waals surface area (Å²) in [5.41, 5.74) is 1.63. The van der Waals surface area contributed by atoms with Crippen LogP contribution in [0.5, 0.6) is 5.75 Å². The molecule has 6 heteroatoms. The summed E-state index contributed by atoms with van der Waals surface area (Å²) < 4.78 is 1.69. The number of hydrogen-bond donors (Lipinski definition) is 2. The lowest BCUT2D eigenvalue weighted by Gasteiger charge is -2.04. The van der Waals surface area contributed by atoms with Crippen molar-refractivity contribution in [3.05, 3.63) is 48.4 Å². The van der Waals surface area contributed by atoms with Crippen molar-refractivity contribution in [1.82, 2.24) is 19.8 Å². The van der Waals surface area contributed by atoms with E-state index in [9.17, 15) is 5.11 Å². The van der Waals surface area contributed by atoms with Crippen LogP contribution in [0.4, 0.5) is 5.69 Å². The highest BCUT2D eigenvalue weighted by atomic mass is 16.3. The van der Waals surface area contributed by atoms with Gasteiger partial charge < -0.3 is 10.4 Å². The van der Waals surface area contributed by atoms with Crippen LogP contribution in [0.15, 0.2) is 42.6 Å². The molecule has 0 spiro atoms. The molecule has 0 saturated carbocycles. The first kappa shape index (κ1) is 10.5. The lowest BCUT2D eigenvalue weighted by Crippen LogP contribution is -2.05. The summed E-state index contributed by atoms with van der Waals surface area (Å²) >= 11 is 0. The summed E-state index contributed by atoms with van der Waals surface area (Å²) in [6.07, 6.45) is 1.69. The van der Waals surface area contributed by atoms with Gasteiger partial charge in [-0.3, -0.25) is 0 Å². The fraction of sp³-hybridized carbons (Fsp3) is 0.0833. The zero-order valence-electron chi connectivity index (χ0n) is 9.48. The molecule has 1 aromatic carbocycles. The number of phenolic OH excluding ortho intramolecular Hbond substituents is 1. The van der Waals surface area contributed by atoms with Crippen molar-refractivity contribution >= 4 is 11.3 Å². The number of aromatic hydroxyl groups is 1. The second kappa shape index (κ2) is 4.33. The first-order valence-electron chi connectivity index (χ1n) is 5.51. The van der Waals surface area contributed by atoms with Crippen LogP contribution in [-0.4, -0.2) is 24.9 Å². The van der Waals surface area contributed by atoms with Gasteiger partial charge in [0.25, 0.3) is 0 Å². The number of anilines is 1. The third-order valence-electron chi connectivity index (χ3n) is 2.56. The summed E-state index contributed by atoms with van der Waals surface area (Å²) in [6.45, 7) is 0.517. The van der Waals surface area contributed by atoms with Gasteiger partial charge in [0.2, 0.25) is 0 Å². The minimum Gasteiger partial charge on any atom is -0.508 e. The third kappa shape index (κ3) is 1.95. The Morgan fingerprint density at radius 2 is 1.94 bits per heavy atom. The predicted molar refractivity (Wildman–Crippen MR) is 66.2 cm³/mol. The number of benzene rings is 1. The molecule has 0 amide bonds. The molecule has 0 saturated heterocycles. The molecule has 0 radical (unpaired) electrons. The Labute approximate surface area is 103 Å². The standard InChI is InChI=1S/C12H11N5O/c18-10-5-3-9(4-6-10)13-8-12-16-15-11-2-1-7-14-17(11)12/h1-7,13,18H,8H2. The minimum atomic E-state index is 0.246. The zero-order chi connectivity index (χ0) is 12.4. The summed E-state index contributed by atoms with van der Waals surface area (Å²) in [5, 5.41) is 24.6. The van der Waals surface area contributed by atoms with Crippen molar-refractivity contribution in [3.63, 3.8) is 0 Å². The molecule has 3 aromatic rings. The van der Waals surface area contributed by atoms with E-state index in [4.69, 9.17) is 0 Å². The van der Waals surface area contributed by atoms with Crippen LogP contribution in [0.3, 0.4) is 0 Å². The Morgan fingerprint density at radius 1 is 1.11 bits per heavy atom. The highest BCUT2D eigenvalue weighted by molar-refractivity contribution is 5.46. The van der Waals surface area contributed by atoms with E-state index in [1.807, 2.05) is 12.1 Å². The van der Waals surface area contributed by atoms with Crippen LogP contribution < -0.4 is 5.32 Å². The first-order valence-corrected chi connectivity index (χ1v) is 5.51. The quantitative estimate of drug-likeness (QED) is 0.679. The number of nitrogens with zero attached hydrogens (tertiary/aromatic N) is 4. The minimum absolute atomic E-state index is 0.246. The van der Waals surface area contributed by atoms with E-state index in [1.54, 1.807) is 35.0 Å². The fourth-order valence-electron chi connectivity index (χ4n) is 1.66. The van der Waals surface area contributed by atoms with Gasteiger partial charge in [-0.25, -0.2) is 0 Å². The highest BCUT2D eigenvalue weighted by Gasteiger charge is 2.04. The third-order valence-corrected chi connectivity index (χ3v) is 2.56. The Kier molecular flexibility index (Phi) is 2.53. The molecule has 0 atom stereocenters. The van der Waals surface area contributed by atoms with Crippen LogP contribution in [0, 0.1) is 0 Å². The van der Waals surface area contributed by atoms with Crippen molar-refractivity contribution in [2.45, 2.75) is 6.54 Å². The summed E-state index contributed by atoms with van der Waals surface area (Å²) in [5.74, 6) is 0.980. The molecule has 2 heterocycles. The van der Waals surface area contributed by atoms with Gasteiger partial charge in [-0.05, 0) is 36.4 Å². The Balaban J connectivity index is 1.79. The van der Waals surface area contributed by atoms with E-state index < -0.39 is 0 Å². The van der Waals surface area contributed by atoms with Gasteiger partial charge in [0, 0.05) is 11.9 Å². The average Bonchev–Trinajstić information content (AvgIpc) is 2.82. The maximum Gasteiger partial charge on any atom is 0.177 e. The molecule has 0 aliphatic carbocycles. The molecular formula is C12H11N5O. The number of rotatable bonds is 3. The van der Waals surface area contributed by atoms with Crippen LogP contribution >= 0.6 is 0 Å². The smallest absolute Gasteiger partial charge is 0.177 e. The molecule has 0 unspecified atom stereocenters. The monoisotopic (exact) mass is 241 g/mol. The van der Waals surface area contributed by atoms with E-state index in [-0.39, 0.29) is 5.75 Å². The molecule has 0 bridgehead atoms. The highest BCUT2D eigenvalue weighted by Crippen LogP contribution is 2.14. The van der Waals surface area contributed by atoms with Crippen molar-refractivity contribution in [2.75, 3.05) is 5.32 Å². The zero-order valence-corrected chi connectivity index (χ0v) is 9.48. The van der Waals surface area contributed by atoms with Gasteiger partial charge in [0.05, 0.1) is 6.54 Å². The van der Waals surface area contributed by atoms with Crippen molar-refractivity contribution < 1.29 is 5.11 Å². The number of aromatic nitrogens is 4. The second-order valence-corrected chi connectivity index (χ2v) is 3.81. The van der Waals surface area contributed by atoms with Gasteiger partial charge in [0.15, 0.2) is 11.5 Å². The van der Waals surface area contributed by atoms with Crippen LogP contribution in [0.1, 0.15) is 5.82 Å². The Morgan fingerprint density at radius 3 is 2.78 bits per heavy atom. The van der Waals surface area contributed by atoms with Gasteiger partial charge in [-0.2, -0.15) is 9.61 Å². The number of nitrogens with one attached hydrogen (secondary N) is 1.